The average Bonchev–Trinajstić information content (AvgIpc) is 2.34. The summed E-state index contributed by atoms with van der Waals surface area (Å²) < 4.78 is 4.71. The summed E-state index contributed by atoms with van der Waals surface area (Å²) in [6.07, 6.45) is 2.54. The van der Waals surface area contributed by atoms with Gasteiger partial charge in [-0.2, -0.15) is 0 Å². The van der Waals surface area contributed by atoms with Crippen molar-refractivity contribution in [3.05, 3.63) is 12.2 Å². The van der Waals surface area contributed by atoms with E-state index < -0.39 is 12.2 Å². The van der Waals surface area contributed by atoms with Crippen LogP contribution in [0, 0.1) is 0 Å². The van der Waals surface area contributed by atoms with E-state index in [9.17, 15) is 4.79 Å². The summed E-state index contributed by atoms with van der Waals surface area (Å²) in [4.78, 5) is 10.5. The molecule has 3 nitrogen and oxygen atoms in total. The topological polar surface area (TPSA) is 46.5 Å². The van der Waals surface area contributed by atoms with Crippen molar-refractivity contribution in [3.8, 4) is 0 Å². The Bertz CT molecular complexity index is 162. The van der Waals surface area contributed by atoms with Gasteiger partial charge in [-0.25, -0.2) is 4.79 Å². The van der Waals surface area contributed by atoms with E-state index in [1.807, 2.05) is 6.92 Å². The van der Waals surface area contributed by atoms with Crippen LogP contribution in [0.3, 0.4) is 0 Å². The summed E-state index contributed by atoms with van der Waals surface area (Å²) in [7, 11) is 0. The second-order valence-electron chi connectivity index (χ2n) is 2.24. The van der Waals surface area contributed by atoms with E-state index in [0.29, 0.717) is 6.42 Å². The predicted octanol–water partition coefficient (Wildman–Crippen LogP) is 0.239. The molecule has 0 bridgehead atoms. The van der Waals surface area contributed by atoms with Gasteiger partial charge in [-0.3, -0.25) is 0 Å². The van der Waals surface area contributed by atoms with Gasteiger partial charge in [0.05, 0.1) is 6.10 Å². The number of carbonyl (C=O) groups is 1. The smallest absolute Gasteiger partial charge is 0.331 e. The van der Waals surface area contributed by atoms with Crippen LogP contribution in [-0.4, -0.2) is 23.3 Å². The summed E-state index contributed by atoms with van der Waals surface area (Å²) in [6.45, 7) is 1.84. The number of cyclic esters (lactones) is 1. The van der Waals surface area contributed by atoms with Crippen molar-refractivity contribution in [2.75, 3.05) is 0 Å². The molecule has 0 aliphatic carbocycles. The van der Waals surface area contributed by atoms with Gasteiger partial charge in [-0.1, -0.05) is 6.92 Å². The normalized spacial score (nSPS) is 26.6. The molecule has 1 aliphatic heterocycles. The van der Waals surface area contributed by atoms with Crippen LogP contribution in [0.5, 0.6) is 0 Å². The zero-order chi connectivity index (χ0) is 7.56. The Morgan fingerprint density at radius 1 is 1.90 bits per heavy atom. The molecule has 0 spiro atoms. The lowest BCUT2D eigenvalue weighted by molar-refractivity contribution is -0.142. The predicted molar refractivity (Wildman–Crippen MR) is 35.3 cm³/mol. The third-order valence-electron chi connectivity index (χ3n) is 1.47. The van der Waals surface area contributed by atoms with Gasteiger partial charge in [0.1, 0.15) is 6.10 Å². The van der Waals surface area contributed by atoms with Crippen LogP contribution >= 0.6 is 0 Å². The maximum Gasteiger partial charge on any atom is 0.331 e. The van der Waals surface area contributed by atoms with Crippen molar-refractivity contribution < 1.29 is 14.6 Å². The zero-order valence-corrected chi connectivity index (χ0v) is 5.78. The third-order valence-corrected chi connectivity index (χ3v) is 1.47. The zero-order valence-electron chi connectivity index (χ0n) is 5.78. The van der Waals surface area contributed by atoms with Gasteiger partial charge in [0.15, 0.2) is 0 Å². The molecule has 0 aromatic rings. The van der Waals surface area contributed by atoms with Crippen LogP contribution in [0.4, 0.5) is 0 Å². The molecule has 0 aromatic heterocycles. The monoisotopic (exact) mass is 142 g/mol. The van der Waals surface area contributed by atoms with Crippen molar-refractivity contribution in [1.82, 2.24) is 0 Å². The van der Waals surface area contributed by atoms with Crippen LogP contribution in [0.15, 0.2) is 12.2 Å². The molecule has 0 radical (unpaired) electrons. The van der Waals surface area contributed by atoms with Gasteiger partial charge in [-0.15, -0.1) is 0 Å². The quantitative estimate of drug-likeness (QED) is 0.562. The largest absolute Gasteiger partial charge is 0.452 e. The first-order valence-electron chi connectivity index (χ1n) is 3.31. The first-order valence-corrected chi connectivity index (χ1v) is 3.31. The van der Waals surface area contributed by atoms with E-state index in [-0.39, 0.29) is 5.97 Å². The second kappa shape index (κ2) is 2.84. The lowest BCUT2D eigenvalue weighted by atomic mass is 10.1. The fraction of sp³-hybridized carbons (Fsp3) is 0.571. The molecule has 0 unspecified atom stereocenters. The Kier molecular flexibility index (Phi) is 2.06. The first-order chi connectivity index (χ1) is 4.74. The number of carbonyl (C=O) groups excluding carboxylic acids is 1. The van der Waals surface area contributed by atoms with Gasteiger partial charge in [0, 0.05) is 6.08 Å². The van der Waals surface area contributed by atoms with Crippen LogP contribution in [0.25, 0.3) is 0 Å². The Balaban J connectivity index is 2.46. The molecule has 1 heterocycles. The summed E-state index contributed by atoms with van der Waals surface area (Å²) in [5.41, 5.74) is 0. The average molecular weight is 142 g/mol. The van der Waals surface area contributed by atoms with E-state index in [4.69, 9.17) is 9.84 Å². The fourth-order valence-electron chi connectivity index (χ4n) is 0.825. The molecule has 56 valence electrons. The Morgan fingerprint density at radius 3 is 3.00 bits per heavy atom. The highest BCUT2D eigenvalue weighted by atomic mass is 16.6. The molecule has 3 heteroatoms. The fourth-order valence-corrected chi connectivity index (χ4v) is 0.825. The van der Waals surface area contributed by atoms with Crippen molar-refractivity contribution >= 4 is 5.97 Å². The van der Waals surface area contributed by atoms with E-state index in [1.165, 1.54) is 6.08 Å². The Hall–Kier alpha value is -0.830. The van der Waals surface area contributed by atoms with E-state index in [2.05, 4.69) is 0 Å². The minimum Gasteiger partial charge on any atom is -0.452 e. The number of esters is 1. The van der Waals surface area contributed by atoms with Gasteiger partial charge >= 0.3 is 5.97 Å². The molecule has 10 heavy (non-hydrogen) atoms. The van der Waals surface area contributed by atoms with Gasteiger partial charge in [-0.05, 0) is 12.5 Å². The van der Waals surface area contributed by atoms with Crippen LogP contribution in [-0.2, 0) is 9.53 Å². The van der Waals surface area contributed by atoms with Crippen molar-refractivity contribution in [2.45, 2.75) is 25.6 Å². The van der Waals surface area contributed by atoms with Crippen molar-refractivity contribution in [1.29, 1.82) is 0 Å². The SMILES string of the molecule is CC[C@@H](O)[C@H]1C=CC(=O)O1. The summed E-state index contributed by atoms with van der Waals surface area (Å²) in [5.74, 6) is -0.363. The maximum atomic E-state index is 10.5. The lowest BCUT2D eigenvalue weighted by Gasteiger charge is -2.13. The van der Waals surface area contributed by atoms with E-state index in [0.717, 1.165) is 0 Å². The third kappa shape index (κ3) is 1.36. The maximum absolute atomic E-state index is 10.5. The number of aliphatic hydroxyl groups excluding tert-OH is 1. The number of rotatable bonds is 2. The molecule has 0 saturated heterocycles. The standard InChI is InChI=1S/C7H10O3/c1-2-5(8)6-3-4-7(9)10-6/h3-6,8H,2H2,1H3/t5-,6-/m1/s1. The van der Waals surface area contributed by atoms with Crippen LogP contribution < -0.4 is 0 Å². The minimum atomic E-state index is -0.553. The number of aliphatic hydroxyl groups is 1. The van der Waals surface area contributed by atoms with Gasteiger partial charge in [0.25, 0.3) is 0 Å². The Labute approximate surface area is 59.3 Å². The highest BCUT2D eigenvalue weighted by molar-refractivity contribution is 5.84. The van der Waals surface area contributed by atoms with E-state index >= 15 is 0 Å². The molecular weight excluding hydrogens is 132 g/mol. The molecule has 1 N–H and O–H groups in total. The number of ether oxygens (including phenoxy) is 1. The number of hydrogen-bond donors (Lipinski definition) is 1. The van der Waals surface area contributed by atoms with Gasteiger partial charge in [0.2, 0.25) is 0 Å². The minimum absolute atomic E-state index is 0.363. The molecule has 2 atom stereocenters. The highest BCUT2D eigenvalue weighted by Crippen LogP contribution is 2.11. The van der Waals surface area contributed by atoms with E-state index in [1.54, 1.807) is 6.08 Å². The van der Waals surface area contributed by atoms with Crippen molar-refractivity contribution in [3.63, 3.8) is 0 Å². The summed E-state index contributed by atoms with van der Waals surface area (Å²) >= 11 is 0. The lowest BCUT2D eigenvalue weighted by Crippen LogP contribution is -2.24. The summed E-state index contributed by atoms with van der Waals surface area (Å²) in [5, 5.41) is 9.15. The second-order valence-corrected chi connectivity index (χ2v) is 2.24. The first kappa shape index (κ1) is 7.28. The number of hydrogen-bond acceptors (Lipinski definition) is 3. The molecule has 0 fully saturated rings. The Morgan fingerprint density at radius 2 is 2.60 bits per heavy atom. The van der Waals surface area contributed by atoms with Crippen molar-refractivity contribution in [2.24, 2.45) is 0 Å². The van der Waals surface area contributed by atoms with Crippen LogP contribution in [0.1, 0.15) is 13.3 Å². The van der Waals surface area contributed by atoms with Crippen LogP contribution in [0.2, 0.25) is 0 Å². The molecule has 0 aromatic carbocycles. The molecule has 0 saturated carbocycles. The molecular formula is C7H10O3. The molecule has 0 amide bonds. The molecule has 1 rings (SSSR count). The van der Waals surface area contributed by atoms with Gasteiger partial charge < -0.3 is 9.84 Å². The molecule has 1 aliphatic rings. The highest BCUT2D eigenvalue weighted by Gasteiger charge is 2.22. The summed E-state index contributed by atoms with van der Waals surface area (Å²) in [6, 6.07) is 0.